The molecular weight excluding hydrogens is 224 g/mol. The minimum atomic E-state index is 0.262. The molecule has 2 N–H and O–H groups in total. The fraction of sp³-hybridized carbons (Fsp3) is 0.111. The Bertz CT molecular complexity index is 541. The highest BCUT2D eigenvalue weighted by molar-refractivity contribution is 7.98. The zero-order valence-electron chi connectivity index (χ0n) is 8.45. The predicted molar refractivity (Wildman–Crippen MR) is 60.1 cm³/mol. The number of rotatable bonds is 2. The van der Waals surface area contributed by atoms with Crippen molar-refractivity contribution in [3.63, 3.8) is 0 Å². The summed E-state index contributed by atoms with van der Waals surface area (Å²) in [4.78, 5) is 8.05. The van der Waals surface area contributed by atoms with Crippen molar-refractivity contribution >= 4 is 17.6 Å². The number of hydrogen-bond donors (Lipinski definition) is 1. The molecule has 0 saturated heterocycles. The number of thioether (sulfide) groups is 1. The van der Waals surface area contributed by atoms with Crippen molar-refractivity contribution in [2.24, 2.45) is 0 Å². The summed E-state index contributed by atoms with van der Waals surface area (Å²) in [5.41, 5.74) is 6.17. The highest BCUT2D eigenvalue weighted by Crippen LogP contribution is 2.24. The summed E-state index contributed by atoms with van der Waals surface area (Å²) in [7, 11) is 0. The lowest BCUT2D eigenvalue weighted by atomic mass is 10.4. The van der Waals surface area contributed by atoms with Gasteiger partial charge in [-0.3, -0.25) is 0 Å². The van der Waals surface area contributed by atoms with Crippen LogP contribution >= 0.6 is 11.8 Å². The second-order valence-corrected chi connectivity index (χ2v) is 3.64. The molecule has 0 fully saturated rings. The molecule has 7 heteroatoms. The van der Waals surface area contributed by atoms with Gasteiger partial charge in [0.25, 0.3) is 5.95 Å². The molecule has 0 aromatic carbocycles. The summed E-state index contributed by atoms with van der Waals surface area (Å²) in [5, 5.41) is 13.7. The van der Waals surface area contributed by atoms with Crippen LogP contribution in [-0.2, 0) is 0 Å². The summed E-state index contributed by atoms with van der Waals surface area (Å²) >= 11 is 1.36. The van der Waals surface area contributed by atoms with Crippen molar-refractivity contribution in [1.82, 2.24) is 19.7 Å². The minimum Gasteiger partial charge on any atom is -0.382 e. The van der Waals surface area contributed by atoms with Crippen LogP contribution in [0.3, 0.4) is 0 Å². The molecule has 0 saturated carbocycles. The SMILES string of the molecule is CSc1nn(-c2ncccn2)c(N)c1C#N. The number of hydrogen-bond acceptors (Lipinski definition) is 6. The molecule has 0 bridgehead atoms. The third-order valence-electron chi connectivity index (χ3n) is 1.94. The van der Waals surface area contributed by atoms with Crippen LogP contribution in [0.4, 0.5) is 5.82 Å². The highest BCUT2D eigenvalue weighted by atomic mass is 32.2. The van der Waals surface area contributed by atoms with Gasteiger partial charge in [0.15, 0.2) is 0 Å². The standard InChI is InChI=1S/C9H8N6S/c1-16-8-6(5-10)7(11)15(14-8)9-12-3-2-4-13-9/h2-4H,11H2,1H3. The third kappa shape index (κ3) is 1.59. The van der Waals surface area contributed by atoms with Crippen LogP contribution in [0.5, 0.6) is 0 Å². The Morgan fingerprint density at radius 3 is 2.62 bits per heavy atom. The number of nitriles is 1. The van der Waals surface area contributed by atoms with Crippen molar-refractivity contribution < 1.29 is 0 Å². The van der Waals surface area contributed by atoms with Crippen LogP contribution in [0.1, 0.15) is 5.56 Å². The van der Waals surface area contributed by atoms with Gasteiger partial charge in [0.1, 0.15) is 22.5 Å². The fourth-order valence-corrected chi connectivity index (χ4v) is 1.73. The van der Waals surface area contributed by atoms with E-state index in [0.29, 0.717) is 16.5 Å². The highest BCUT2D eigenvalue weighted by Gasteiger charge is 2.16. The van der Waals surface area contributed by atoms with Gasteiger partial charge in [0.2, 0.25) is 0 Å². The molecule has 0 spiro atoms. The Labute approximate surface area is 96.1 Å². The second kappa shape index (κ2) is 4.20. The van der Waals surface area contributed by atoms with E-state index < -0.39 is 0 Å². The van der Waals surface area contributed by atoms with Crippen molar-refractivity contribution in [2.75, 3.05) is 12.0 Å². The number of nitrogens with two attached hydrogens (primary N) is 1. The van der Waals surface area contributed by atoms with Crippen LogP contribution in [0.25, 0.3) is 5.95 Å². The first-order valence-corrected chi connectivity index (χ1v) is 5.60. The molecule has 2 rings (SSSR count). The van der Waals surface area contributed by atoms with Gasteiger partial charge in [-0.1, -0.05) is 0 Å². The monoisotopic (exact) mass is 232 g/mol. The fourth-order valence-electron chi connectivity index (χ4n) is 1.21. The Morgan fingerprint density at radius 1 is 1.44 bits per heavy atom. The van der Waals surface area contributed by atoms with E-state index in [1.54, 1.807) is 18.5 Å². The van der Waals surface area contributed by atoms with Crippen LogP contribution in [0.15, 0.2) is 23.5 Å². The summed E-state index contributed by atoms with van der Waals surface area (Å²) in [6.45, 7) is 0. The molecule has 0 unspecified atom stereocenters. The molecule has 2 aromatic heterocycles. The topological polar surface area (TPSA) is 93.4 Å². The number of aromatic nitrogens is 4. The summed E-state index contributed by atoms with van der Waals surface area (Å²) in [6, 6.07) is 3.72. The van der Waals surface area contributed by atoms with E-state index in [2.05, 4.69) is 15.1 Å². The molecule has 2 heterocycles. The number of nitrogens with zero attached hydrogens (tertiary/aromatic N) is 5. The van der Waals surface area contributed by atoms with E-state index in [9.17, 15) is 0 Å². The molecule has 6 nitrogen and oxygen atoms in total. The van der Waals surface area contributed by atoms with Gasteiger partial charge in [-0.05, 0) is 12.3 Å². The average molecular weight is 232 g/mol. The Hall–Kier alpha value is -2.07. The van der Waals surface area contributed by atoms with Crippen LogP contribution in [0, 0.1) is 11.3 Å². The van der Waals surface area contributed by atoms with Gasteiger partial charge >= 0.3 is 0 Å². The van der Waals surface area contributed by atoms with Crippen molar-refractivity contribution in [1.29, 1.82) is 5.26 Å². The summed E-state index contributed by atoms with van der Waals surface area (Å²) in [6.07, 6.45) is 5.02. The van der Waals surface area contributed by atoms with Crippen LogP contribution < -0.4 is 5.73 Å². The predicted octanol–water partition coefficient (Wildman–Crippen LogP) is 0.838. The number of anilines is 1. The molecular formula is C9H8N6S. The van der Waals surface area contributed by atoms with Crippen molar-refractivity contribution in [3.05, 3.63) is 24.0 Å². The maximum absolute atomic E-state index is 8.95. The Morgan fingerprint density at radius 2 is 2.12 bits per heavy atom. The van der Waals surface area contributed by atoms with Crippen molar-refractivity contribution in [2.45, 2.75) is 5.03 Å². The Balaban J connectivity index is 2.60. The molecule has 0 aliphatic heterocycles. The zero-order chi connectivity index (χ0) is 11.5. The summed E-state index contributed by atoms with van der Waals surface area (Å²) < 4.78 is 1.37. The first-order valence-electron chi connectivity index (χ1n) is 4.38. The van der Waals surface area contributed by atoms with Gasteiger partial charge in [0, 0.05) is 12.4 Å². The smallest absolute Gasteiger partial charge is 0.252 e. The first-order chi connectivity index (χ1) is 7.77. The Kier molecular flexibility index (Phi) is 2.74. The largest absolute Gasteiger partial charge is 0.382 e. The lowest BCUT2D eigenvalue weighted by Crippen LogP contribution is -2.06. The van der Waals surface area contributed by atoms with E-state index in [1.807, 2.05) is 12.3 Å². The lowest BCUT2D eigenvalue weighted by molar-refractivity contribution is 0.787. The van der Waals surface area contributed by atoms with Gasteiger partial charge in [0.05, 0.1) is 0 Å². The first kappa shape index (κ1) is 10.4. The van der Waals surface area contributed by atoms with Crippen LogP contribution in [0.2, 0.25) is 0 Å². The molecule has 16 heavy (non-hydrogen) atoms. The molecule has 0 radical (unpaired) electrons. The van der Waals surface area contributed by atoms with Gasteiger partial charge in [-0.2, -0.15) is 15.0 Å². The van der Waals surface area contributed by atoms with E-state index >= 15 is 0 Å². The van der Waals surface area contributed by atoms with Gasteiger partial charge in [-0.15, -0.1) is 11.8 Å². The summed E-state index contributed by atoms with van der Waals surface area (Å²) in [5.74, 6) is 0.620. The zero-order valence-corrected chi connectivity index (χ0v) is 9.27. The van der Waals surface area contributed by atoms with Gasteiger partial charge < -0.3 is 5.73 Å². The molecule has 0 aliphatic rings. The minimum absolute atomic E-state index is 0.262. The molecule has 80 valence electrons. The van der Waals surface area contributed by atoms with E-state index in [4.69, 9.17) is 11.0 Å². The average Bonchev–Trinajstić information content (AvgIpc) is 2.66. The van der Waals surface area contributed by atoms with E-state index in [-0.39, 0.29) is 5.82 Å². The lowest BCUT2D eigenvalue weighted by Gasteiger charge is -1.99. The van der Waals surface area contributed by atoms with Gasteiger partial charge in [-0.25, -0.2) is 9.97 Å². The molecule has 0 amide bonds. The van der Waals surface area contributed by atoms with Crippen LogP contribution in [-0.4, -0.2) is 26.0 Å². The number of nitrogen functional groups attached to an aromatic ring is 1. The molecule has 2 aromatic rings. The van der Waals surface area contributed by atoms with Crippen molar-refractivity contribution in [3.8, 4) is 12.0 Å². The normalized spacial score (nSPS) is 10.0. The third-order valence-corrected chi connectivity index (χ3v) is 2.61. The maximum Gasteiger partial charge on any atom is 0.252 e. The van der Waals surface area contributed by atoms with E-state index in [1.165, 1.54) is 16.4 Å². The molecule has 0 atom stereocenters. The second-order valence-electron chi connectivity index (χ2n) is 2.84. The molecule has 0 aliphatic carbocycles. The maximum atomic E-state index is 8.95. The van der Waals surface area contributed by atoms with E-state index in [0.717, 1.165) is 0 Å². The quantitative estimate of drug-likeness (QED) is 0.771.